The smallest absolute Gasteiger partial charge is 0.280 e. The SMILES string of the molecule is COc1ccc2nc3cccc([N+](=O)[O-])c3c(NCCCO)c2c1.Cl. The van der Waals surface area contributed by atoms with Crippen LogP contribution < -0.4 is 10.1 Å². The first-order valence-corrected chi connectivity index (χ1v) is 7.55. The first-order chi connectivity index (χ1) is 11.7. The van der Waals surface area contributed by atoms with E-state index >= 15 is 0 Å². The van der Waals surface area contributed by atoms with Gasteiger partial charge in [-0.3, -0.25) is 10.1 Å². The number of aliphatic hydroxyl groups is 1. The zero-order chi connectivity index (χ0) is 17.1. The molecule has 2 N–H and O–H groups in total. The maximum absolute atomic E-state index is 11.4. The van der Waals surface area contributed by atoms with Crippen LogP contribution in [0.2, 0.25) is 0 Å². The van der Waals surface area contributed by atoms with Crippen molar-refractivity contribution in [1.29, 1.82) is 0 Å². The summed E-state index contributed by atoms with van der Waals surface area (Å²) in [6.45, 7) is 0.535. The summed E-state index contributed by atoms with van der Waals surface area (Å²) in [5, 5.41) is 24.9. The summed E-state index contributed by atoms with van der Waals surface area (Å²) < 4.78 is 5.26. The molecule has 0 atom stereocenters. The van der Waals surface area contributed by atoms with Crippen molar-refractivity contribution < 1.29 is 14.8 Å². The molecule has 0 radical (unpaired) electrons. The van der Waals surface area contributed by atoms with Crippen LogP contribution in [-0.2, 0) is 0 Å². The minimum Gasteiger partial charge on any atom is -0.497 e. The van der Waals surface area contributed by atoms with Crippen LogP contribution in [0.1, 0.15) is 6.42 Å². The number of hydrogen-bond donors (Lipinski definition) is 2. The van der Waals surface area contributed by atoms with Crippen LogP contribution in [0.25, 0.3) is 21.8 Å². The molecule has 0 aliphatic heterocycles. The minimum atomic E-state index is -0.409. The molecule has 3 rings (SSSR count). The maximum Gasteiger partial charge on any atom is 0.280 e. The number of hydrogen-bond acceptors (Lipinski definition) is 6. The summed E-state index contributed by atoms with van der Waals surface area (Å²) in [4.78, 5) is 15.6. The Morgan fingerprint density at radius 1 is 1.28 bits per heavy atom. The fourth-order valence-corrected chi connectivity index (χ4v) is 2.71. The van der Waals surface area contributed by atoms with Crippen molar-refractivity contribution in [2.75, 3.05) is 25.6 Å². The molecule has 1 aromatic heterocycles. The van der Waals surface area contributed by atoms with Crippen molar-refractivity contribution in [1.82, 2.24) is 4.98 Å². The van der Waals surface area contributed by atoms with Crippen molar-refractivity contribution in [3.05, 3.63) is 46.5 Å². The first-order valence-electron chi connectivity index (χ1n) is 7.55. The highest BCUT2D eigenvalue weighted by atomic mass is 35.5. The molecule has 25 heavy (non-hydrogen) atoms. The number of aliphatic hydroxyl groups excluding tert-OH is 1. The third kappa shape index (κ3) is 3.57. The number of methoxy groups -OCH3 is 1. The predicted molar refractivity (Wildman–Crippen MR) is 99.9 cm³/mol. The lowest BCUT2D eigenvalue weighted by molar-refractivity contribution is -0.383. The molecule has 0 fully saturated rings. The van der Waals surface area contributed by atoms with Gasteiger partial charge in [0.25, 0.3) is 5.69 Å². The maximum atomic E-state index is 11.4. The molecule has 1 heterocycles. The Kier molecular flexibility index (Phi) is 5.95. The van der Waals surface area contributed by atoms with Gasteiger partial charge in [-0.15, -0.1) is 12.4 Å². The molecule has 0 saturated heterocycles. The number of pyridine rings is 1. The van der Waals surface area contributed by atoms with Gasteiger partial charge in [-0.25, -0.2) is 4.98 Å². The molecule has 8 heteroatoms. The van der Waals surface area contributed by atoms with E-state index in [1.807, 2.05) is 6.07 Å². The van der Waals surface area contributed by atoms with E-state index in [0.717, 1.165) is 10.9 Å². The monoisotopic (exact) mass is 363 g/mol. The van der Waals surface area contributed by atoms with Gasteiger partial charge in [-0.05, 0) is 30.7 Å². The predicted octanol–water partition coefficient (Wildman–Crippen LogP) is 3.52. The van der Waals surface area contributed by atoms with Crippen molar-refractivity contribution in [2.24, 2.45) is 0 Å². The van der Waals surface area contributed by atoms with Crippen molar-refractivity contribution in [3.8, 4) is 5.75 Å². The summed E-state index contributed by atoms with van der Waals surface area (Å²) in [6, 6.07) is 10.3. The summed E-state index contributed by atoms with van der Waals surface area (Å²) in [5.41, 5.74) is 1.90. The average Bonchev–Trinajstić information content (AvgIpc) is 2.60. The second-order valence-corrected chi connectivity index (χ2v) is 5.30. The molecular formula is C17H18ClN3O4. The molecule has 0 bridgehead atoms. The highest BCUT2D eigenvalue weighted by Crippen LogP contribution is 2.37. The van der Waals surface area contributed by atoms with E-state index in [4.69, 9.17) is 9.84 Å². The molecule has 2 aromatic carbocycles. The topological polar surface area (TPSA) is 97.5 Å². The molecule has 7 nitrogen and oxygen atoms in total. The molecule has 0 saturated carbocycles. The van der Waals surface area contributed by atoms with Crippen LogP contribution in [0.5, 0.6) is 5.75 Å². The van der Waals surface area contributed by atoms with Gasteiger partial charge in [0.2, 0.25) is 0 Å². The van der Waals surface area contributed by atoms with E-state index in [-0.39, 0.29) is 24.7 Å². The Hall–Kier alpha value is -2.64. The third-order valence-corrected chi connectivity index (χ3v) is 3.82. The number of rotatable bonds is 6. The van der Waals surface area contributed by atoms with Gasteiger partial charge in [0.15, 0.2) is 0 Å². The van der Waals surface area contributed by atoms with Gasteiger partial charge in [0.05, 0.1) is 28.8 Å². The van der Waals surface area contributed by atoms with E-state index in [0.29, 0.717) is 35.3 Å². The number of nitrogens with one attached hydrogen (secondary N) is 1. The van der Waals surface area contributed by atoms with Crippen LogP contribution in [0.4, 0.5) is 11.4 Å². The lowest BCUT2D eigenvalue weighted by Crippen LogP contribution is -2.06. The van der Waals surface area contributed by atoms with Gasteiger partial charge in [-0.1, -0.05) is 6.07 Å². The molecule has 0 amide bonds. The fourth-order valence-electron chi connectivity index (χ4n) is 2.71. The number of ether oxygens (including phenoxy) is 1. The van der Waals surface area contributed by atoms with Gasteiger partial charge < -0.3 is 15.2 Å². The zero-order valence-corrected chi connectivity index (χ0v) is 14.4. The quantitative estimate of drug-likeness (QED) is 0.301. The Labute approximate surface area is 150 Å². The first kappa shape index (κ1) is 18.7. The van der Waals surface area contributed by atoms with Crippen molar-refractivity contribution in [3.63, 3.8) is 0 Å². The molecular weight excluding hydrogens is 346 g/mol. The second kappa shape index (κ2) is 7.96. The standard InChI is InChI=1S/C17H17N3O4.ClH/c1-24-11-6-7-13-12(10-11)17(18-8-3-9-21)16-14(19-13)4-2-5-15(16)20(22)23;/h2,4-7,10,21H,3,8-9H2,1H3,(H,18,19);1H. The van der Waals surface area contributed by atoms with Crippen molar-refractivity contribution >= 4 is 45.6 Å². The number of anilines is 1. The second-order valence-electron chi connectivity index (χ2n) is 5.30. The number of nitro groups is 1. The van der Waals surface area contributed by atoms with E-state index in [1.54, 1.807) is 31.4 Å². The molecule has 0 spiro atoms. The number of nitro benzene ring substituents is 1. The Bertz CT molecular complexity index is 917. The van der Waals surface area contributed by atoms with Crippen LogP contribution in [0, 0.1) is 10.1 Å². The van der Waals surface area contributed by atoms with Gasteiger partial charge in [-0.2, -0.15) is 0 Å². The number of non-ortho nitro benzene ring substituents is 1. The number of halogens is 1. The molecule has 0 unspecified atom stereocenters. The van der Waals surface area contributed by atoms with Gasteiger partial charge in [0, 0.05) is 24.6 Å². The third-order valence-electron chi connectivity index (χ3n) is 3.82. The molecule has 132 valence electrons. The lowest BCUT2D eigenvalue weighted by Gasteiger charge is -2.14. The van der Waals surface area contributed by atoms with Crippen molar-refractivity contribution in [2.45, 2.75) is 6.42 Å². The molecule has 0 aliphatic rings. The summed E-state index contributed by atoms with van der Waals surface area (Å²) in [6.07, 6.45) is 0.538. The Morgan fingerprint density at radius 2 is 2.08 bits per heavy atom. The molecule has 0 aliphatic carbocycles. The van der Waals surface area contributed by atoms with E-state index in [2.05, 4.69) is 10.3 Å². The zero-order valence-electron chi connectivity index (χ0n) is 13.6. The fraction of sp³-hybridized carbons (Fsp3) is 0.235. The van der Waals surface area contributed by atoms with E-state index < -0.39 is 4.92 Å². The highest BCUT2D eigenvalue weighted by Gasteiger charge is 2.19. The van der Waals surface area contributed by atoms with E-state index in [1.165, 1.54) is 6.07 Å². The normalized spacial score (nSPS) is 10.5. The van der Waals surface area contributed by atoms with Crippen LogP contribution >= 0.6 is 12.4 Å². The Morgan fingerprint density at radius 3 is 2.76 bits per heavy atom. The van der Waals surface area contributed by atoms with Gasteiger partial charge in [0.1, 0.15) is 11.1 Å². The number of aromatic nitrogens is 1. The molecule has 3 aromatic rings. The summed E-state index contributed by atoms with van der Waals surface area (Å²) in [5.74, 6) is 0.646. The van der Waals surface area contributed by atoms with Gasteiger partial charge >= 0.3 is 0 Å². The lowest BCUT2D eigenvalue weighted by atomic mass is 10.1. The Balaban J connectivity index is 0.00000225. The van der Waals surface area contributed by atoms with Crippen LogP contribution in [0.3, 0.4) is 0 Å². The summed E-state index contributed by atoms with van der Waals surface area (Å²) in [7, 11) is 1.57. The number of fused-ring (bicyclic) bond motifs is 2. The van der Waals surface area contributed by atoms with Crippen LogP contribution in [0.15, 0.2) is 36.4 Å². The average molecular weight is 364 g/mol. The summed E-state index contributed by atoms with van der Waals surface area (Å²) >= 11 is 0. The number of nitrogens with zero attached hydrogens (tertiary/aromatic N) is 2. The highest BCUT2D eigenvalue weighted by molar-refractivity contribution is 6.11. The minimum absolute atomic E-state index is 0. The van der Waals surface area contributed by atoms with Crippen LogP contribution in [-0.4, -0.2) is 35.3 Å². The largest absolute Gasteiger partial charge is 0.497 e. The van der Waals surface area contributed by atoms with E-state index in [9.17, 15) is 10.1 Å². The number of benzene rings is 2.